The number of hydrogen-bond donors (Lipinski definition) is 1. The number of rotatable bonds is 5. The Morgan fingerprint density at radius 3 is 2.73 bits per heavy atom. The molecule has 0 aromatic carbocycles. The van der Waals surface area contributed by atoms with Gasteiger partial charge in [0.1, 0.15) is 9.84 Å². The van der Waals surface area contributed by atoms with E-state index >= 15 is 0 Å². The number of likely N-dealkylation sites (tertiary alicyclic amines) is 1. The third-order valence-electron chi connectivity index (χ3n) is 4.09. The van der Waals surface area contributed by atoms with Crippen LogP contribution in [0.25, 0.3) is 0 Å². The third-order valence-corrected chi connectivity index (χ3v) is 5.03. The van der Waals surface area contributed by atoms with Gasteiger partial charge in [-0.15, -0.1) is 0 Å². The van der Waals surface area contributed by atoms with Crippen molar-refractivity contribution in [1.29, 1.82) is 0 Å². The van der Waals surface area contributed by atoms with Crippen molar-refractivity contribution < 1.29 is 22.8 Å². The Balaban J connectivity index is 1.56. The van der Waals surface area contributed by atoms with Gasteiger partial charge in [0.2, 0.25) is 5.91 Å². The van der Waals surface area contributed by atoms with E-state index in [1.165, 1.54) is 0 Å². The molecule has 0 radical (unpaired) electrons. The highest BCUT2D eigenvalue weighted by molar-refractivity contribution is 7.90. The third kappa shape index (κ3) is 3.40. The maximum atomic E-state index is 12.1. The molecule has 3 aliphatic rings. The van der Waals surface area contributed by atoms with Crippen LogP contribution in [-0.4, -0.2) is 68.1 Å². The zero-order chi connectivity index (χ0) is 15.9. The summed E-state index contributed by atoms with van der Waals surface area (Å²) in [4.78, 5) is 30.9. The van der Waals surface area contributed by atoms with Crippen LogP contribution in [0.1, 0.15) is 19.3 Å². The first-order chi connectivity index (χ1) is 10.3. The lowest BCUT2D eigenvalue weighted by molar-refractivity contribution is -0.130. The number of fused-ring (bicyclic) bond motifs is 1. The molecule has 1 aliphatic carbocycles. The Labute approximate surface area is 128 Å². The molecule has 0 aromatic heterocycles. The number of amides is 2. The molecular formula is C13H19N3O5S. The molecule has 1 N–H and O–H groups in total. The van der Waals surface area contributed by atoms with Gasteiger partial charge in [0.25, 0.3) is 5.91 Å². The van der Waals surface area contributed by atoms with E-state index < -0.39 is 9.84 Å². The number of sulfone groups is 1. The molecule has 0 aromatic rings. The summed E-state index contributed by atoms with van der Waals surface area (Å²) in [6.45, 7) is 0.696. The first-order valence-electron chi connectivity index (χ1n) is 7.33. The summed E-state index contributed by atoms with van der Waals surface area (Å²) in [5.41, 5.74) is 0.343. The van der Waals surface area contributed by atoms with Crippen LogP contribution in [0.5, 0.6) is 0 Å². The zero-order valence-electron chi connectivity index (χ0n) is 12.3. The van der Waals surface area contributed by atoms with Crippen LogP contribution < -0.4 is 5.32 Å². The van der Waals surface area contributed by atoms with Crippen LogP contribution in [0.4, 0.5) is 0 Å². The van der Waals surface area contributed by atoms with Gasteiger partial charge in [-0.1, -0.05) is 5.16 Å². The van der Waals surface area contributed by atoms with E-state index in [1.54, 1.807) is 4.90 Å². The summed E-state index contributed by atoms with van der Waals surface area (Å²) in [6, 6.07) is 0.239. The van der Waals surface area contributed by atoms with Crippen LogP contribution in [0.15, 0.2) is 5.16 Å². The van der Waals surface area contributed by atoms with E-state index in [1.807, 2.05) is 0 Å². The smallest absolute Gasteiger partial charge is 0.269 e. The van der Waals surface area contributed by atoms with Gasteiger partial charge >= 0.3 is 0 Å². The minimum absolute atomic E-state index is 0.0426. The second-order valence-corrected chi connectivity index (χ2v) is 8.41. The molecule has 22 heavy (non-hydrogen) atoms. The number of nitrogens with one attached hydrogen (secondary N) is 1. The summed E-state index contributed by atoms with van der Waals surface area (Å²) in [5.74, 6) is -0.839. The van der Waals surface area contributed by atoms with Crippen molar-refractivity contribution >= 4 is 27.4 Å². The average Bonchev–Trinajstić information content (AvgIpc) is 2.99. The van der Waals surface area contributed by atoms with Crippen LogP contribution >= 0.6 is 0 Å². The molecule has 2 amide bonds. The summed E-state index contributed by atoms with van der Waals surface area (Å²) in [6.07, 6.45) is 2.74. The molecule has 2 heterocycles. The van der Waals surface area contributed by atoms with E-state index in [4.69, 9.17) is 4.84 Å². The SMILES string of the molecule is CS(=O)(=O)CCC(=O)N1C[C@@H]2C(C(=O)NC3CC3)=NO[C@@H]2C1. The molecule has 2 aliphatic heterocycles. The van der Waals surface area contributed by atoms with Crippen molar-refractivity contribution in [3.8, 4) is 0 Å². The highest BCUT2D eigenvalue weighted by Crippen LogP contribution is 2.28. The van der Waals surface area contributed by atoms with Crippen LogP contribution in [0.3, 0.4) is 0 Å². The van der Waals surface area contributed by atoms with Gasteiger partial charge in [-0.05, 0) is 12.8 Å². The predicted molar refractivity (Wildman–Crippen MR) is 77.9 cm³/mol. The van der Waals surface area contributed by atoms with Crippen molar-refractivity contribution in [2.45, 2.75) is 31.4 Å². The maximum Gasteiger partial charge on any atom is 0.269 e. The lowest BCUT2D eigenvalue weighted by atomic mass is 10.0. The number of nitrogens with zero attached hydrogens (tertiary/aromatic N) is 2. The molecule has 3 rings (SSSR count). The second-order valence-electron chi connectivity index (χ2n) is 6.15. The van der Waals surface area contributed by atoms with Crippen molar-refractivity contribution in [2.75, 3.05) is 25.1 Å². The summed E-state index contributed by atoms with van der Waals surface area (Å²) < 4.78 is 22.3. The fourth-order valence-electron chi connectivity index (χ4n) is 2.67. The topological polar surface area (TPSA) is 105 Å². The van der Waals surface area contributed by atoms with Gasteiger partial charge in [-0.2, -0.15) is 0 Å². The molecule has 0 bridgehead atoms. The maximum absolute atomic E-state index is 12.1. The Hall–Kier alpha value is -1.64. The molecule has 1 saturated carbocycles. The first-order valence-corrected chi connectivity index (χ1v) is 9.39. The Bertz CT molecular complexity index is 626. The monoisotopic (exact) mass is 329 g/mol. The van der Waals surface area contributed by atoms with Crippen molar-refractivity contribution in [3.05, 3.63) is 0 Å². The van der Waals surface area contributed by atoms with Crippen molar-refractivity contribution in [2.24, 2.45) is 11.1 Å². The van der Waals surface area contributed by atoms with Crippen LogP contribution in [0.2, 0.25) is 0 Å². The van der Waals surface area contributed by atoms with Crippen molar-refractivity contribution in [1.82, 2.24) is 10.2 Å². The summed E-state index contributed by atoms with van der Waals surface area (Å²) >= 11 is 0. The zero-order valence-corrected chi connectivity index (χ0v) is 13.1. The molecule has 0 spiro atoms. The van der Waals surface area contributed by atoms with Crippen LogP contribution in [0, 0.1) is 5.92 Å². The minimum Gasteiger partial charge on any atom is -0.389 e. The van der Waals surface area contributed by atoms with Crippen molar-refractivity contribution in [3.63, 3.8) is 0 Å². The number of hydrogen-bond acceptors (Lipinski definition) is 6. The van der Waals surface area contributed by atoms with E-state index in [9.17, 15) is 18.0 Å². The molecular weight excluding hydrogens is 310 g/mol. The van der Waals surface area contributed by atoms with Crippen LogP contribution in [-0.2, 0) is 24.3 Å². The molecule has 0 unspecified atom stereocenters. The van der Waals surface area contributed by atoms with E-state index in [0.717, 1.165) is 19.1 Å². The lowest BCUT2D eigenvalue weighted by Gasteiger charge is -2.16. The molecule has 8 nitrogen and oxygen atoms in total. The normalized spacial score (nSPS) is 27.1. The fourth-order valence-corrected chi connectivity index (χ4v) is 3.21. The van der Waals surface area contributed by atoms with Gasteiger partial charge in [-0.25, -0.2) is 8.42 Å². The second kappa shape index (κ2) is 5.53. The van der Waals surface area contributed by atoms with Gasteiger partial charge in [-0.3, -0.25) is 9.59 Å². The molecule has 2 fully saturated rings. The fraction of sp³-hybridized carbons (Fsp3) is 0.769. The number of carbonyl (C=O) groups is 2. The number of carbonyl (C=O) groups excluding carboxylic acids is 2. The quantitative estimate of drug-likeness (QED) is 0.690. The summed E-state index contributed by atoms with van der Waals surface area (Å²) in [7, 11) is -3.16. The van der Waals surface area contributed by atoms with Gasteiger partial charge in [0, 0.05) is 25.3 Å². The molecule has 1 saturated heterocycles. The van der Waals surface area contributed by atoms with E-state index in [0.29, 0.717) is 18.8 Å². The predicted octanol–water partition coefficient (Wildman–Crippen LogP) is -1.09. The van der Waals surface area contributed by atoms with Gasteiger partial charge < -0.3 is 15.1 Å². The molecule has 122 valence electrons. The highest BCUT2D eigenvalue weighted by atomic mass is 32.2. The van der Waals surface area contributed by atoms with E-state index in [-0.39, 0.29) is 42.1 Å². The number of oxime groups is 1. The van der Waals surface area contributed by atoms with E-state index in [2.05, 4.69) is 10.5 Å². The Kier molecular flexibility index (Phi) is 3.84. The highest BCUT2D eigenvalue weighted by Gasteiger charge is 2.46. The average molecular weight is 329 g/mol. The molecule has 2 atom stereocenters. The van der Waals surface area contributed by atoms with Gasteiger partial charge in [0.15, 0.2) is 11.8 Å². The van der Waals surface area contributed by atoms with Gasteiger partial charge in [0.05, 0.1) is 18.2 Å². The lowest BCUT2D eigenvalue weighted by Crippen LogP contribution is -2.38. The Morgan fingerprint density at radius 2 is 2.09 bits per heavy atom. The molecule has 9 heteroatoms. The largest absolute Gasteiger partial charge is 0.389 e. The summed E-state index contributed by atoms with van der Waals surface area (Å²) in [5, 5.41) is 6.72. The Morgan fingerprint density at radius 1 is 1.36 bits per heavy atom. The minimum atomic E-state index is -3.16. The standard InChI is InChI=1S/C13H19N3O5S/c1-22(19,20)5-4-11(17)16-6-9-10(7-16)21-15-12(9)13(18)14-8-2-3-8/h8-10H,2-7H2,1H3,(H,14,18)/t9-,10+/m0/s1. The first kappa shape index (κ1) is 15.3.